The van der Waals surface area contributed by atoms with E-state index in [1.54, 1.807) is 0 Å². The Bertz CT molecular complexity index is 575. The zero-order valence-corrected chi connectivity index (χ0v) is 10.7. The highest BCUT2D eigenvalue weighted by Crippen LogP contribution is 2.29. The zero-order chi connectivity index (χ0) is 12.5. The van der Waals surface area contributed by atoms with Gasteiger partial charge in [0.2, 0.25) is 0 Å². The maximum absolute atomic E-state index is 5.97. The molecule has 2 N–H and O–H groups in total. The first-order chi connectivity index (χ1) is 8.74. The number of rotatable bonds is 2. The average molecular weight is 238 g/mol. The van der Waals surface area contributed by atoms with E-state index in [1.165, 1.54) is 16.8 Å². The monoisotopic (exact) mass is 238 g/mol. The van der Waals surface area contributed by atoms with Crippen LogP contribution in [-0.4, -0.2) is 6.54 Å². The van der Waals surface area contributed by atoms with Gasteiger partial charge in [-0.1, -0.05) is 30.3 Å². The average Bonchev–Trinajstić information content (AvgIpc) is 2.78. The molecule has 2 aromatic rings. The smallest absolute Gasteiger partial charge is 0.0430 e. The fraction of sp³-hybridized carbons (Fsp3) is 0.250. The van der Waals surface area contributed by atoms with Crippen molar-refractivity contribution in [3.05, 3.63) is 59.2 Å². The molecule has 0 saturated heterocycles. The summed E-state index contributed by atoms with van der Waals surface area (Å²) in [6, 6.07) is 15.0. The van der Waals surface area contributed by atoms with Crippen molar-refractivity contribution in [2.45, 2.75) is 19.9 Å². The number of aryl methyl sites for hydroxylation is 1. The molecule has 92 valence electrons. The molecule has 0 aromatic heterocycles. The number of nitrogens with two attached hydrogens (primary N) is 1. The quantitative estimate of drug-likeness (QED) is 0.814. The van der Waals surface area contributed by atoms with E-state index in [1.807, 2.05) is 6.92 Å². The van der Waals surface area contributed by atoms with E-state index in [9.17, 15) is 0 Å². The van der Waals surface area contributed by atoms with Crippen LogP contribution in [0.1, 0.15) is 16.7 Å². The second-order valence-electron chi connectivity index (χ2n) is 4.99. The zero-order valence-electron chi connectivity index (χ0n) is 10.7. The first kappa shape index (κ1) is 11.1. The van der Waals surface area contributed by atoms with E-state index in [4.69, 9.17) is 5.73 Å². The van der Waals surface area contributed by atoms with Gasteiger partial charge in [0.05, 0.1) is 0 Å². The fourth-order valence-electron chi connectivity index (χ4n) is 2.58. The van der Waals surface area contributed by atoms with Gasteiger partial charge in [0.25, 0.3) is 0 Å². The van der Waals surface area contributed by atoms with Crippen molar-refractivity contribution >= 4 is 11.4 Å². The van der Waals surface area contributed by atoms with Gasteiger partial charge in [-0.3, -0.25) is 0 Å². The van der Waals surface area contributed by atoms with Crippen molar-refractivity contribution in [2.24, 2.45) is 0 Å². The molecule has 2 nitrogen and oxygen atoms in total. The number of nitrogen functional groups attached to an aromatic ring is 1. The largest absolute Gasteiger partial charge is 0.399 e. The molecule has 2 heteroatoms. The molecule has 0 radical (unpaired) electrons. The molecule has 1 heterocycles. The van der Waals surface area contributed by atoms with Crippen molar-refractivity contribution < 1.29 is 0 Å². The normalized spacial score (nSPS) is 13.7. The third-order valence-electron chi connectivity index (χ3n) is 3.70. The van der Waals surface area contributed by atoms with Gasteiger partial charge in [0, 0.05) is 24.5 Å². The van der Waals surface area contributed by atoms with E-state index in [0.717, 1.165) is 30.8 Å². The molecule has 0 bridgehead atoms. The lowest BCUT2D eigenvalue weighted by Gasteiger charge is -2.19. The van der Waals surface area contributed by atoms with E-state index in [-0.39, 0.29) is 0 Å². The predicted octanol–water partition coefficient (Wildman–Crippen LogP) is 3.14. The molecular formula is C16H18N2. The second kappa shape index (κ2) is 4.37. The van der Waals surface area contributed by atoms with Gasteiger partial charge in [0.1, 0.15) is 0 Å². The Morgan fingerprint density at radius 2 is 2.00 bits per heavy atom. The molecule has 0 amide bonds. The van der Waals surface area contributed by atoms with E-state index >= 15 is 0 Å². The molecule has 0 unspecified atom stereocenters. The van der Waals surface area contributed by atoms with E-state index < -0.39 is 0 Å². The number of hydrogen-bond acceptors (Lipinski definition) is 2. The maximum atomic E-state index is 5.97. The summed E-state index contributed by atoms with van der Waals surface area (Å²) in [5.41, 5.74) is 12.1. The third-order valence-corrected chi connectivity index (χ3v) is 3.70. The van der Waals surface area contributed by atoms with E-state index in [0.29, 0.717) is 0 Å². The van der Waals surface area contributed by atoms with Crippen molar-refractivity contribution in [2.75, 3.05) is 17.2 Å². The van der Waals surface area contributed by atoms with Crippen LogP contribution in [0.2, 0.25) is 0 Å². The Labute approximate surface area is 108 Å². The molecular weight excluding hydrogens is 220 g/mol. The lowest BCUT2D eigenvalue weighted by Crippen LogP contribution is -2.19. The van der Waals surface area contributed by atoms with Gasteiger partial charge in [-0.25, -0.2) is 0 Å². The number of fused-ring (bicyclic) bond motifs is 1. The topological polar surface area (TPSA) is 29.3 Å². The van der Waals surface area contributed by atoms with Crippen LogP contribution in [-0.2, 0) is 13.0 Å². The fourth-order valence-corrected chi connectivity index (χ4v) is 2.58. The second-order valence-corrected chi connectivity index (χ2v) is 4.99. The van der Waals surface area contributed by atoms with Crippen LogP contribution in [0.5, 0.6) is 0 Å². The summed E-state index contributed by atoms with van der Waals surface area (Å²) < 4.78 is 0. The van der Waals surface area contributed by atoms with Crippen molar-refractivity contribution in [3.8, 4) is 0 Å². The van der Waals surface area contributed by atoms with Gasteiger partial charge in [-0.2, -0.15) is 0 Å². The Balaban J connectivity index is 1.84. The number of hydrogen-bond donors (Lipinski definition) is 1. The molecule has 1 aliphatic heterocycles. The molecule has 0 fully saturated rings. The van der Waals surface area contributed by atoms with Gasteiger partial charge >= 0.3 is 0 Å². The summed E-state index contributed by atoms with van der Waals surface area (Å²) in [6.45, 7) is 4.10. The highest BCUT2D eigenvalue weighted by Gasteiger charge is 2.18. The molecule has 3 rings (SSSR count). The van der Waals surface area contributed by atoms with Gasteiger partial charge in [0.15, 0.2) is 0 Å². The standard InChI is InChI=1S/C16H18N2/c1-12-6-7-13(10-15(12)17)11-18-9-8-14-4-2-3-5-16(14)18/h2-7,10H,8-9,11,17H2,1H3. The highest BCUT2D eigenvalue weighted by atomic mass is 15.1. The van der Waals surface area contributed by atoms with Gasteiger partial charge in [-0.15, -0.1) is 0 Å². The third kappa shape index (κ3) is 1.94. The molecule has 2 aromatic carbocycles. The number of nitrogens with zero attached hydrogens (tertiary/aromatic N) is 1. The lowest BCUT2D eigenvalue weighted by atomic mass is 10.1. The molecule has 0 aliphatic carbocycles. The highest BCUT2D eigenvalue weighted by molar-refractivity contribution is 5.58. The Morgan fingerprint density at radius 1 is 1.17 bits per heavy atom. The van der Waals surface area contributed by atoms with Gasteiger partial charge < -0.3 is 10.6 Å². The van der Waals surface area contributed by atoms with E-state index in [2.05, 4.69) is 47.4 Å². The van der Waals surface area contributed by atoms with Gasteiger partial charge in [-0.05, 0) is 42.2 Å². The van der Waals surface area contributed by atoms with Crippen LogP contribution < -0.4 is 10.6 Å². The molecule has 0 saturated carbocycles. The van der Waals surface area contributed by atoms with Crippen LogP contribution >= 0.6 is 0 Å². The maximum Gasteiger partial charge on any atom is 0.0430 e. The predicted molar refractivity (Wildman–Crippen MR) is 76.8 cm³/mol. The summed E-state index contributed by atoms with van der Waals surface area (Å²) in [4.78, 5) is 2.43. The Hall–Kier alpha value is -1.96. The minimum Gasteiger partial charge on any atom is -0.399 e. The molecule has 0 atom stereocenters. The minimum atomic E-state index is 0.889. The van der Waals surface area contributed by atoms with Crippen LogP contribution in [0.15, 0.2) is 42.5 Å². The summed E-state index contributed by atoms with van der Waals surface area (Å²) in [6.07, 6.45) is 1.15. The summed E-state index contributed by atoms with van der Waals surface area (Å²) in [5, 5.41) is 0. The van der Waals surface area contributed by atoms with Crippen LogP contribution in [0.3, 0.4) is 0 Å². The molecule has 0 spiro atoms. The number of benzene rings is 2. The first-order valence-corrected chi connectivity index (χ1v) is 6.42. The molecule has 1 aliphatic rings. The van der Waals surface area contributed by atoms with Crippen LogP contribution in [0.4, 0.5) is 11.4 Å². The lowest BCUT2D eigenvalue weighted by molar-refractivity contribution is 0.836. The molecule has 18 heavy (non-hydrogen) atoms. The van der Waals surface area contributed by atoms with Crippen molar-refractivity contribution in [1.29, 1.82) is 0 Å². The van der Waals surface area contributed by atoms with Crippen molar-refractivity contribution in [3.63, 3.8) is 0 Å². The SMILES string of the molecule is Cc1ccc(CN2CCc3ccccc32)cc1N. The first-order valence-electron chi connectivity index (χ1n) is 6.42. The Morgan fingerprint density at radius 3 is 2.83 bits per heavy atom. The minimum absolute atomic E-state index is 0.889. The van der Waals surface area contributed by atoms with Crippen LogP contribution in [0.25, 0.3) is 0 Å². The van der Waals surface area contributed by atoms with Crippen molar-refractivity contribution in [1.82, 2.24) is 0 Å². The van der Waals surface area contributed by atoms with Crippen LogP contribution in [0, 0.1) is 6.92 Å². The number of para-hydroxylation sites is 1. The summed E-state index contributed by atoms with van der Waals surface area (Å²) in [7, 11) is 0. The number of anilines is 2. The Kier molecular flexibility index (Phi) is 2.71. The summed E-state index contributed by atoms with van der Waals surface area (Å²) >= 11 is 0. The summed E-state index contributed by atoms with van der Waals surface area (Å²) in [5.74, 6) is 0.